The van der Waals surface area contributed by atoms with E-state index < -0.39 is 18.5 Å². The number of nitrogens with one attached hydrogen (secondary N) is 2. The van der Waals surface area contributed by atoms with Gasteiger partial charge in [0.2, 0.25) is 0 Å². The van der Waals surface area contributed by atoms with E-state index in [0.717, 1.165) is 10.2 Å². The van der Waals surface area contributed by atoms with Crippen molar-refractivity contribution in [1.82, 2.24) is 4.98 Å². The van der Waals surface area contributed by atoms with Crippen molar-refractivity contribution in [3.63, 3.8) is 0 Å². The average molecular weight is 458 g/mol. The molecule has 0 saturated heterocycles. The number of rotatable bonds is 7. The number of anilines is 2. The van der Waals surface area contributed by atoms with Gasteiger partial charge in [0.1, 0.15) is 5.01 Å². The van der Waals surface area contributed by atoms with Crippen LogP contribution in [0.2, 0.25) is 0 Å². The molecule has 8 heteroatoms. The van der Waals surface area contributed by atoms with Gasteiger partial charge in [-0.3, -0.25) is 9.59 Å². The lowest BCUT2D eigenvalue weighted by Gasteiger charge is -2.11. The van der Waals surface area contributed by atoms with Crippen LogP contribution in [0.4, 0.5) is 11.4 Å². The van der Waals surface area contributed by atoms with Crippen LogP contribution in [0.15, 0.2) is 84.9 Å². The fraction of sp³-hybridized carbons (Fsp3) is 0.0400. The van der Waals surface area contributed by atoms with E-state index in [1.807, 2.05) is 42.5 Å². The lowest BCUT2D eigenvalue weighted by atomic mass is 10.1. The lowest BCUT2D eigenvalue weighted by Crippen LogP contribution is -2.22. The summed E-state index contributed by atoms with van der Waals surface area (Å²) in [4.78, 5) is 41.3. The normalized spacial score (nSPS) is 10.8. The van der Waals surface area contributed by atoms with Gasteiger partial charge in [0, 0.05) is 11.8 Å². The SMILES string of the molecule is O=C(COC(=O)C=Cc1nc2ccccc2s1)Nc1ccccc1C(=O)Nc1ccccc1. The van der Waals surface area contributed by atoms with Crippen LogP contribution in [0, 0.1) is 0 Å². The first kappa shape index (κ1) is 21.9. The molecule has 2 amide bonds. The van der Waals surface area contributed by atoms with Crippen molar-refractivity contribution in [3.8, 4) is 0 Å². The number of ether oxygens (including phenoxy) is 1. The van der Waals surface area contributed by atoms with E-state index in [-0.39, 0.29) is 11.5 Å². The minimum atomic E-state index is -0.667. The largest absolute Gasteiger partial charge is 0.452 e. The third-order valence-electron chi connectivity index (χ3n) is 4.50. The van der Waals surface area contributed by atoms with Crippen LogP contribution >= 0.6 is 11.3 Å². The maximum absolute atomic E-state index is 12.6. The number of esters is 1. The molecule has 0 atom stereocenters. The Morgan fingerprint density at radius 3 is 2.42 bits per heavy atom. The van der Waals surface area contributed by atoms with E-state index in [4.69, 9.17) is 4.74 Å². The topological polar surface area (TPSA) is 97.4 Å². The monoisotopic (exact) mass is 457 g/mol. The zero-order chi connectivity index (χ0) is 23.0. The molecular weight excluding hydrogens is 438 g/mol. The van der Waals surface area contributed by atoms with E-state index in [1.54, 1.807) is 42.5 Å². The molecule has 0 aliphatic heterocycles. The predicted octanol–water partition coefficient (Wildman–Crippen LogP) is 4.74. The van der Waals surface area contributed by atoms with E-state index >= 15 is 0 Å². The first-order valence-corrected chi connectivity index (χ1v) is 10.9. The summed E-state index contributed by atoms with van der Waals surface area (Å²) >= 11 is 1.45. The van der Waals surface area contributed by atoms with Gasteiger partial charge in [0.15, 0.2) is 6.61 Å². The van der Waals surface area contributed by atoms with Gasteiger partial charge in [-0.05, 0) is 42.5 Å². The highest BCUT2D eigenvalue weighted by Crippen LogP contribution is 2.22. The molecular formula is C25H19N3O4S. The molecule has 7 nitrogen and oxygen atoms in total. The van der Waals surface area contributed by atoms with Crippen LogP contribution in [0.5, 0.6) is 0 Å². The van der Waals surface area contributed by atoms with Crippen LogP contribution in [0.25, 0.3) is 16.3 Å². The van der Waals surface area contributed by atoms with Crippen molar-refractivity contribution in [2.45, 2.75) is 0 Å². The minimum Gasteiger partial charge on any atom is -0.452 e. The molecule has 1 aromatic heterocycles. The van der Waals surface area contributed by atoms with Crippen molar-refractivity contribution in [2.75, 3.05) is 17.2 Å². The van der Waals surface area contributed by atoms with Crippen LogP contribution in [-0.2, 0) is 14.3 Å². The Hall–Kier alpha value is -4.30. The first-order chi connectivity index (χ1) is 16.1. The molecule has 1 heterocycles. The predicted molar refractivity (Wildman–Crippen MR) is 129 cm³/mol. The molecule has 164 valence electrons. The van der Waals surface area contributed by atoms with E-state index in [0.29, 0.717) is 16.4 Å². The van der Waals surface area contributed by atoms with Crippen LogP contribution in [0.1, 0.15) is 15.4 Å². The molecule has 0 bridgehead atoms. The molecule has 0 fully saturated rings. The molecule has 2 N–H and O–H groups in total. The van der Waals surface area contributed by atoms with Crippen molar-refractivity contribution >= 4 is 56.8 Å². The number of amides is 2. The molecule has 33 heavy (non-hydrogen) atoms. The highest BCUT2D eigenvalue weighted by Gasteiger charge is 2.14. The number of hydrogen-bond donors (Lipinski definition) is 2. The third kappa shape index (κ3) is 5.90. The Balaban J connectivity index is 1.32. The molecule has 0 unspecified atom stereocenters. The highest BCUT2D eigenvalue weighted by molar-refractivity contribution is 7.19. The Bertz CT molecular complexity index is 1300. The van der Waals surface area contributed by atoms with Gasteiger partial charge >= 0.3 is 5.97 Å². The maximum atomic E-state index is 12.6. The van der Waals surface area contributed by atoms with Gasteiger partial charge < -0.3 is 15.4 Å². The highest BCUT2D eigenvalue weighted by atomic mass is 32.1. The van der Waals surface area contributed by atoms with Gasteiger partial charge in [-0.15, -0.1) is 11.3 Å². The third-order valence-corrected chi connectivity index (χ3v) is 5.50. The summed E-state index contributed by atoms with van der Waals surface area (Å²) in [6.07, 6.45) is 2.78. The van der Waals surface area contributed by atoms with Gasteiger partial charge in [0.25, 0.3) is 11.8 Å². The Kier molecular flexibility index (Phi) is 6.87. The van der Waals surface area contributed by atoms with E-state index in [2.05, 4.69) is 15.6 Å². The van der Waals surface area contributed by atoms with Gasteiger partial charge in [-0.25, -0.2) is 9.78 Å². The second-order valence-electron chi connectivity index (χ2n) is 6.87. The van der Waals surface area contributed by atoms with Crippen molar-refractivity contribution < 1.29 is 19.1 Å². The second kappa shape index (κ2) is 10.3. The average Bonchev–Trinajstić information content (AvgIpc) is 3.25. The molecule has 0 aliphatic carbocycles. The smallest absolute Gasteiger partial charge is 0.331 e. The first-order valence-electron chi connectivity index (χ1n) is 10.0. The van der Waals surface area contributed by atoms with Crippen molar-refractivity contribution in [1.29, 1.82) is 0 Å². The molecule has 4 aromatic rings. The van der Waals surface area contributed by atoms with E-state index in [1.165, 1.54) is 17.4 Å². The zero-order valence-corrected chi connectivity index (χ0v) is 18.2. The summed E-state index contributed by atoms with van der Waals surface area (Å²) in [5.41, 5.74) is 2.09. The van der Waals surface area contributed by atoms with E-state index in [9.17, 15) is 14.4 Å². The standard InChI is InChI=1S/C25H19N3O4S/c29-22(16-32-24(30)15-14-23-28-20-12-6-7-13-21(20)33-23)27-19-11-5-4-10-18(19)25(31)26-17-8-2-1-3-9-17/h1-15H,16H2,(H,26,31)(H,27,29). The van der Waals surface area contributed by atoms with Crippen LogP contribution in [-0.4, -0.2) is 29.4 Å². The Morgan fingerprint density at radius 2 is 1.61 bits per heavy atom. The summed E-state index contributed by atoms with van der Waals surface area (Å²) in [5.74, 6) is -1.59. The zero-order valence-electron chi connectivity index (χ0n) is 17.4. The fourth-order valence-electron chi connectivity index (χ4n) is 2.98. The number of para-hydroxylation sites is 3. The number of thiazole rings is 1. The summed E-state index contributed by atoms with van der Waals surface area (Å²) in [6, 6.07) is 23.2. The van der Waals surface area contributed by atoms with Crippen LogP contribution in [0.3, 0.4) is 0 Å². The number of carbonyl (C=O) groups is 3. The lowest BCUT2D eigenvalue weighted by molar-refractivity contribution is -0.142. The van der Waals surface area contributed by atoms with Gasteiger partial charge in [-0.2, -0.15) is 0 Å². The summed E-state index contributed by atoms with van der Waals surface area (Å²) in [7, 11) is 0. The van der Waals surface area contributed by atoms with Crippen LogP contribution < -0.4 is 10.6 Å². The number of hydrogen-bond acceptors (Lipinski definition) is 6. The number of carbonyl (C=O) groups excluding carboxylic acids is 3. The molecule has 0 aliphatic rings. The van der Waals surface area contributed by atoms with Gasteiger partial charge in [0.05, 0.1) is 21.5 Å². The van der Waals surface area contributed by atoms with Crippen molar-refractivity contribution in [2.24, 2.45) is 0 Å². The number of benzene rings is 3. The van der Waals surface area contributed by atoms with Gasteiger partial charge in [-0.1, -0.05) is 42.5 Å². The number of aromatic nitrogens is 1. The second-order valence-corrected chi connectivity index (χ2v) is 7.94. The summed E-state index contributed by atoms with van der Waals surface area (Å²) < 4.78 is 6.02. The minimum absolute atomic E-state index is 0.289. The Labute approximate surface area is 193 Å². The fourth-order valence-corrected chi connectivity index (χ4v) is 3.85. The molecule has 0 radical (unpaired) electrons. The number of nitrogens with zero attached hydrogens (tertiary/aromatic N) is 1. The maximum Gasteiger partial charge on any atom is 0.331 e. The number of fused-ring (bicyclic) bond motifs is 1. The Morgan fingerprint density at radius 1 is 0.879 bits per heavy atom. The molecule has 0 spiro atoms. The summed E-state index contributed by atoms with van der Waals surface area (Å²) in [6.45, 7) is -0.488. The molecule has 4 rings (SSSR count). The summed E-state index contributed by atoms with van der Waals surface area (Å²) in [5, 5.41) is 6.05. The molecule has 0 saturated carbocycles. The van der Waals surface area contributed by atoms with Crippen molar-refractivity contribution in [3.05, 3.63) is 95.5 Å². The quantitative estimate of drug-likeness (QED) is 0.309. The molecule has 3 aromatic carbocycles.